The van der Waals surface area contributed by atoms with E-state index in [-0.39, 0.29) is 19.0 Å². The molecule has 0 saturated carbocycles. The summed E-state index contributed by atoms with van der Waals surface area (Å²) in [5.74, 6) is 0.114. The number of benzene rings is 2. The van der Waals surface area contributed by atoms with Gasteiger partial charge in [-0.15, -0.1) is 0 Å². The van der Waals surface area contributed by atoms with Gasteiger partial charge in [0.2, 0.25) is 5.89 Å². The Morgan fingerprint density at radius 2 is 1.89 bits per heavy atom. The van der Waals surface area contributed by atoms with E-state index in [0.29, 0.717) is 29.2 Å². The molecule has 0 fully saturated rings. The molecule has 2 aromatic carbocycles. The second-order valence-electron chi connectivity index (χ2n) is 5.85. The van der Waals surface area contributed by atoms with E-state index in [0.717, 1.165) is 11.1 Å². The van der Waals surface area contributed by atoms with Crippen molar-refractivity contribution in [1.29, 1.82) is 0 Å². The van der Waals surface area contributed by atoms with Gasteiger partial charge in [0, 0.05) is 11.6 Å². The number of phenols is 1. The second-order valence-corrected chi connectivity index (χ2v) is 5.85. The van der Waals surface area contributed by atoms with Crippen LogP contribution in [0, 0.1) is 0 Å². The van der Waals surface area contributed by atoms with Crippen molar-refractivity contribution in [3.05, 3.63) is 53.6 Å². The van der Waals surface area contributed by atoms with E-state index >= 15 is 0 Å². The molecule has 7 nitrogen and oxygen atoms in total. The number of nitrogens with zero attached hydrogens (tertiary/aromatic N) is 1. The molecule has 0 saturated heterocycles. The minimum absolute atomic E-state index is 0.0109. The summed E-state index contributed by atoms with van der Waals surface area (Å²) in [6.07, 6.45) is 1.69. The van der Waals surface area contributed by atoms with Crippen molar-refractivity contribution >= 4 is 23.1 Å². The van der Waals surface area contributed by atoms with Crippen LogP contribution in [0.5, 0.6) is 5.75 Å². The molecule has 0 amide bonds. The summed E-state index contributed by atoms with van der Waals surface area (Å²) in [6, 6.07) is 12.1. The summed E-state index contributed by atoms with van der Waals surface area (Å²) in [5, 5.41) is 9.54. The van der Waals surface area contributed by atoms with Gasteiger partial charge in [0.25, 0.3) is 0 Å². The highest BCUT2D eigenvalue weighted by Gasteiger charge is 2.13. The number of aromatic nitrogens is 1. The number of carbonyl (C=O) groups is 1. The summed E-state index contributed by atoms with van der Waals surface area (Å²) in [7, 11) is 0. The molecule has 1 heterocycles. The van der Waals surface area contributed by atoms with Crippen LogP contribution >= 0.6 is 0 Å². The average Bonchev–Trinajstić information content (AvgIpc) is 3.11. The van der Waals surface area contributed by atoms with Gasteiger partial charge in [-0.1, -0.05) is 12.1 Å². The van der Waals surface area contributed by atoms with Gasteiger partial charge in [-0.3, -0.25) is 0 Å². The number of fused-ring (bicyclic) bond motifs is 1. The third kappa shape index (κ3) is 4.76. The quantitative estimate of drug-likeness (QED) is 0.206. The maximum atomic E-state index is 12.1. The monoisotopic (exact) mass is 383 g/mol. The Hall–Kier alpha value is -3.16. The molecule has 3 aromatic rings. The number of phenolic OH excluding ortho intramolecular Hbond substituents is 1. The summed E-state index contributed by atoms with van der Waals surface area (Å²) < 4.78 is 10.7. The lowest BCUT2D eigenvalue weighted by Gasteiger charge is -2.07. The van der Waals surface area contributed by atoms with Crippen LogP contribution in [0.25, 0.3) is 28.6 Å². The van der Waals surface area contributed by atoms with Crippen LogP contribution in [0.2, 0.25) is 0 Å². The highest BCUT2D eigenvalue weighted by atomic mass is 17.2. The normalized spacial score (nSPS) is 11.7. The van der Waals surface area contributed by atoms with Gasteiger partial charge in [-0.05, 0) is 49.8 Å². The van der Waals surface area contributed by atoms with E-state index in [2.05, 4.69) is 4.98 Å². The predicted molar refractivity (Wildman–Crippen MR) is 103 cm³/mol. The van der Waals surface area contributed by atoms with Gasteiger partial charge >= 0.3 is 5.97 Å². The number of esters is 1. The van der Waals surface area contributed by atoms with Crippen molar-refractivity contribution in [3.8, 4) is 17.2 Å². The fraction of sp³-hybridized carbons (Fsp3) is 0.238. The first-order valence-electron chi connectivity index (χ1n) is 8.92. The minimum Gasteiger partial charge on any atom is -0.508 e. The van der Waals surface area contributed by atoms with Crippen molar-refractivity contribution in [2.45, 2.75) is 13.8 Å². The van der Waals surface area contributed by atoms with Crippen LogP contribution in [0.1, 0.15) is 19.4 Å². The van der Waals surface area contributed by atoms with Crippen LogP contribution in [-0.4, -0.2) is 35.9 Å². The van der Waals surface area contributed by atoms with Gasteiger partial charge in [-0.2, -0.15) is 0 Å². The lowest BCUT2D eigenvalue weighted by atomic mass is 10.1. The number of hydrogen-bond acceptors (Lipinski definition) is 7. The molecule has 0 aliphatic heterocycles. The molecule has 146 valence electrons. The fourth-order valence-electron chi connectivity index (χ4n) is 2.53. The molecule has 1 aromatic heterocycles. The van der Waals surface area contributed by atoms with Crippen molar-refractivity contribution in [3.63, 3.8) is 0 Å². The van der Waals surface area contributed by atoms with E-state index in [1.165, 1.54) is 6.07 Å². The number of oxazole rings is 1. The summed E-state index contributed by atoms with van der Waals surface area (Å²) in [4.78, 5) is 26.4. The number of hydrogen-bond donors (Lipinski definition) is 1. The lowest BCUT2D eigenvalue weighted by Crippen LogP contribution is -2.13. The average molecular weight is 383 g/mol. The zero-order valence-electron chi connectivity index (χ0n) is 15.7. The first kappa shape index (κ1) is 19.6. The molecule has 0 unspecified atom stereocenters. The van der Waals surface area contributed by atoms with Crippen LogP contribution in [0.3, 0.4) is 0 Å². The van der Waals surface area contributed by atoms with Gasteiger partial charge in [0.05, 0.1) is 18.8 Å². The van der Waals surface area contributed by atoms with Crippen molar-refractivity contribution in [2.24, 2.45) is 0 Å². The number of carbonyl (C=O) groups excluding carboxylic acids is 1. The molecule has 3 rings (SSSR count). The molecule has 1 N–H and O–H groups in total. The van der Waals surface area contributed by atoms with Gasteiger partial charge in [0.1, 0.15) is 17.9 Å². The SMILES string of the molecule is CCOOC/C(=C\c1ccc(-c2nc3ccc(O)cc3o2)cc1)C(=O)OCC. The van der Waals surface area contributed by atoms with Crippen LogP contribution in [-0.2, 0) is 19.3 Å². The molecule has 0 spiro atoms. The summed E-state index contributed by atoms with van der Waals surface area (Å²) >= 11 is 0. The Morgan fingerprint density at radius 3 is 2.61 bits per heavy atom. The van der Waals surface area contributed by atoms with E-state index in [1.807, 2.05) is 24.3 Å². The molecule has 0 aliphatic rings. The van der Waals surface area contributed by atoms with Gasteiger partial charge in [-0.25, -0.2) is 19.6 Å². The number of ether oxygens (including phenoxy) is 1. The van der Waals surface area contributed by atoms with Gasteiger partial charge in [0.15, 0.2) is 5.58 Å². The Balaban J connectivity index is 1.82. The Labute approximate surface area is 162 Å². The smallest absolute Gasteiger partial charge is 0.336 e. The minimum atomic E-state index is -0.454. The molecule has 0 bridgehead atoms. The Bertz CT molecular complexity index is 974. The van der Waals surface area contributed by atoms with Crippen LogP contribution < -0.4 is 0 Å². The van der Waals surface area contributed by atoms with E-state index in [4.69, 9.17) is 18.9 Å². The van der Waals surface area contributed by atoms with E-state index in [9.17, 15) is 9.90 Å². The molecule has 0 radical (unpaired) electrons. The summed E-state index contributed by atoms with van der Waals surface area (Å²) in [5.41, 5.74) is 3.09. The Morgan fingerprint density at radius 1 is 1.11 bits per heavy atom. The molecular weight excluding hydrogens is 362 g/mol. The Kier molecular flexibility index (Phi) is 6.41. The molecule has 0 atom stereocenters. The van der Waals surface area contributed by atoms with E-state index in [1.54, 1.807) is 32.1 Å². The largest absolute Gasteiger partial charge is 0.508 e. The van der Waals surface area contributed by atoms with Crippen molar-refractivity contribution in [1.82, 2.24) is 4.98 Å². The highest BCUT2D eigenvalue weighted by Crippen LogP contribution is 2.27. The third-order valence-electron chi connectivity index (χ3n) is 3.82. The maximum Gasteiger partial charge on any atom is 0.336 e. The molecular formula is C21H21NO6. The maximum absolute atomic E-state index is 12.1. The topological polar surface area (TPSA) is 91.0 Å². The van der Waals surface area contributed by atoms with Crippen molar-refractivity contribution in [2.75, 3.05) is 19.8 Å². The predicted octanol–water partition coefficient (Wildman–Crippen LogP) is 4.12. The molecule has 28 heavy (non-hydrogen) atoms. The van der Waals surface area contributed by atoms with E-state index < -0.39 is 5.97 Å². The zero-order chi connectivity index (χ0) is 19.9. The fourth-order valence-corrected chi connectivity index (χ4v) is 2.53. The molecule has 0 aliphatic carbocycles. The first-order chi connectivity index (χ1) is 13.6. The first-order valence-corrected chi connectivity index (χ1v) is 8.92. The number of rotatable bonds is 8. The number of aromatic hydroxyl groups is 1. The van der Waals surface area contributed by atoms with Crippen LogP contribution in [0.4, 0.5) is 0 Å². The standard InChI is InChI=1S/C21H21NO6/c1-3-25-21(24)16(13-27-26-4-2)11-14-5-7-15(8-6-14)20-22-18-10-9-17(23)12-19(18)28-20/h5-12,23H,3-4,13H2,1-2H3/b16-11+. The van der Waals surface area contributed by atoms with Gasteiger partial charge < -0.3 is 14.3 Å². The van der Waals surface area contributed by atoms with Crippen molar-refractivity contribution < 1.29 is 28.8 Å². The third-order valence-corrected chi connectivity index (χ3v) is 3.82. The lowest BCUT2D eigenvalue weighted by molar-refractivity contribution is -0.284. The second kappa shape index (κ2) is 9.16. The highest BCUT2D eigenvalue weighted by molar-refractivity contribution is 5.94. The zero-order valence-corrected chi connectivity index (χ0v) is 15.7. The molecule has 7 heteroatoms. The van der Waals surface area contributed by atoms with Crippen LogP contribution in [0.15, 0.2) is 52.5 Å². The summed E-state index contributed by atoms with van der Waals surface area (Å²) in [6.45, 7) is 4.18.